The van der Waals surface area contributed by atoms with Crippen molar-refractivity contribution in [1.29, 1.82) is 0 Å². The minimum atomic E-state index is -0.304. The Morgan fingerprint density at radius 2 is 1.95 bits per heavy atom. The van der Waals surface area contributed by atoms with Crippen LogP contribution in [-0.2, 0) is 0 Å². The van der Waals surface area contributed by atoms with Gasteiger partial charge in [-0.2, -0.15) is 5.11 Å². The van der Waals surface area contributed by atoms with Gasteiger partial charge in [0.25, 0.3) is 0 Å². The Bertz CT molecular complexity index is 672. The van der Waals surface area contributed by atoms with Crippen LogP contribution in [0.3, 0.4) is 0 Å². The van der Waals surface area contributed by atoms with Gasteiger partial charge in [0.15, 0.2) is 0 Å². The summed E-state index contributed by atoms with van der Waals surface area (Å²) < 4.78 is 12.9. The molecule has 2 N–H and O–H groups in total. The standard InChI is InChI=1S/C15H14BFN4O/c1-11(12-2-4-14(17)5-3-12)19-20-15(22)13-6-8-21(9-7-13)16-10-18/h2-9,11,16,22H,1H3/p+1. The number of rotatable bonds is 4. The summed E-state index contributed by atoms with van der Waals surface area (Å²) in [5, 5.41) is 24.7. The third kappa shape index (κ3) is 4.06. The van der Waals surface area contributed by atoms with E-state index >= 15 is 0 Å². The first-order chi connectivity index (χ1) is 10.6. The number of halogens is 1. The van der Waals surface area contributed by atoms with Crippen LogP contribution < -0.4 is 5.26 Å². The van der Waals surface area contributed by atoms with Gasteiger partial charge in [-0.05, 0) is 49.2 Å². The van der Waals surface area contributed by atoms with Crippen molar-refractivity contribution in [3.63, 3.8) is 0 Å². The highest BCUT2D eigenvalue weighted by atomic mass is 19.1. The number of azo groups is 1. The summed E-state index contributed by atoms with van der Waals surface area (Å²) >= 11 is 0. The van der Waals surface area contributed by atoms with Crippen molar-refractivity contribution < 1.29 is 14.8 Å². The highest BCUT2D eigenvalue weighted by molar-refractivity contribution is 6.42. The second-order valence-electron chi connectivity index (χ2n) is 4.70. The first-order valence-electron chi connectivity index (χ1n) is 6.71. The second kappa shape index (κ2) is 7.22. The molecule has 0 radical (unpaired) electrons. The number of hydrogen-bond acceptors (Lipinski definition) is 4. The predicted octanol–water partition coefficient (Wildman–Crippen LogP) is 1.53. The van der Waals surface area contributed by atoms with Gasteiger partial charge in [-0.25, -0.2) is 4.39 Å². The monoisotopic (exact) mass is 297 g/mol. The SMILES string of the molecule is CC(N=NC(O)=C1C=CN(BC#[NH+])C=C1)c1ccc(F)cc1. The molecule has 0 amide bonds. The molecule has 1 aromatic rings. The Kier molecular flexibility index (Phi) is 5.09. The largest absolute Gasteiger partial charge is 0.492 e. The summed E-state index contributed by atoms with van der Waals surface area (Å²) in [6, 6.07) is 5.71. The fourth-order valence-electron chi connectivity index (χ4n) is 1.81. The third-order valence-electron chi connectivity index (χ3n) is 3.09. The number of allylic oxidation sites excluding steroid dienone is 3. The van der Waals surface area contributed by atoms with Crippen LogP contribution >= 0.6 is 0 Å². The van der Waals surface area contributed by atoms with Gasteiger partial charge in [-0.15, -0.1) is 10.4 Å². The summed E-state index contributed by atoms with van der Waals surface area (Å²) in [5.41, 5.74) is 1.33. The average molecular weight is 297 g/mol. The summed E-state index contributed by atoms with van der Waals surface area (Å²) in [6.07, 6.45) is 6.78. The van der Waals surface area contributed by atoms with E-state index in [-0.39, 0.29) is 17.7 Å². The minimum absolute atomic E-state index is 0.194. The predicted molar refractivity (Wildman–Crippen MR) is 81.4 cm³/mol. The average Bonchev–Trinajstić information content (AvgIpc) is 2.54. The molecule has 0 spiro atoms. The number of benzene rings is 1. The highest BCUT2D eigenvalue weighted by Crippen LogP contribution is 2.19. The van der Waals surface area contributed by atoms with Crippen molar-refractivity contribution in [3.05, 3.63) is 71.7 Å². The van der Waals surface area contributed by atoms with E-state index in [1.165, 1.54) is 12.1 Å². The van der Waals surface area contributed by atoms with Gasteiger partial charge >= 0.3 is 7.41 Å². The fourth-order valence-corrected chi connectivity index (χ4v) is 1.81. The zero-order chi connectivity index (χ0) is 15.9. The van der Waals surface area contributed by atoms with E-state index in [0.29, 0.717) is 13.0 Å². The van der Waals surface area contributed by atoms with Gasteiger partial charge in [0.1, 0.15) is 5.82 Å². The smallest absolute Gasteiger partial charge is 0.430 e. The minimum Gasteiger partial charge on any atom is -0.492 e. The van der Waals surface area contributed by atoms with Gasteiger partial charge in [0.2, 0.25) is 11.9 Å². The Labute approximate surface area is 128 Å². The van der Waals surface area contributed by atoms with Crippen molar-refractivity contribution >= 4 is 7.41 Å². The first-order valence-corrected chi connectivity index (χ1v) is 6.71. The normalized spacial score (nSPS) is 15.0. The number of nitrogens with zero attached hydrogens (tertiary/aromatic N) is 3. The molecule has 1 aliphatic rings. The van der Waals surface area contributed by atoms with Crippen LogP contribution in [0.5, 0.6) is 0 Å². The van der Waals surface area contributed by atoms with E-state index in [1.54, 1.807) is 41.5 Å². The van der Waals surface area contributed by atoms with E-state index in [0.717, 1.165) is 5.56 Å². The molecule has 0 fully saturated rings. The molecule has 1 atom stereocenters. The maximum Gasteiger partial charge on any atom is 0.430 e. The lowest BCUT2D eigenvalue weighted by Crippen LogP contribution is -2.26. The van der Waals surface area contributed by atoms with Crippen molar-refractivity contribution in [2.75, 3.05) is 0 Å². The van der Waals surface area contributed by atoms with E-state index < -0.39 is 0 Å². The summed E-state index contributed by atoms with van der Waals surface area (Å²) in [7, 11) is 0.351. The molecule has 0 saturated heterocycles. The quantitative estimate of drug-likeness (QED) is 0.502. The second-order valence-corrected chi connectivity index (χ2v) is 4.70. The Morgan fingerprint density at radius 3 is 2.55 bits per heavy atom. The van der Waals surface area contributed by atoms with E-state index in [9.17, 15) is 9.50 Å². The number of aliphatic hydroxyl groups is 1. The van der Waals surface area contributed by atoms with Crippen LogP contribution in [0.25, 0.3) is 0 Å². The molecule has 2 rings (SSSR count). The molecule has 0 aliphatic carbocycles. The van der Waals surface area contributed by atoms with Crippen LogP contribution in [0.15, 0.2) is 70.5 Å². The van der Waals surface area contributed by atoms with E-state index in [2.05, 4.69) is 16.2 Å². The molecule has 1 heterocycles. The van der Waals surface area contributed by atoms with E-state index in [1.807, 2.05) is 6.92 Å². The lowest BCUT2D eigenvalue weighted by molar-refractivity contribution is -0.0881. The summed E-state index contributed by atoms with van der Waals surface area (Å²) in [6.45, 7) is 1.81. The molecule has 0 aromatic heterocycles. The van der Waals surface area contributed by atoms with Crippen molar-refractivity contribution in [2.45, 2.75) is 13.0 Å². The van der Waals surface area contributed by atoms with Gasteiger partial charge in [0, 0.05) is 5.57 Å². The van der Waals surface area contributed by atoms with Gasteiger partial charge in [-0.3, -0.25) is 0 Å². The molecule has 1 aromatic carbocycles. The Hall–Kier alpha value is -2.88. The lowest BCUT2D eigenvalue weighted by Gasteiger charge is -2.13. The molecule has 22 heavy (non-hydrogen) atoms. The molecule has 1 unspecified atom stereocenters. The molecule has 1 aliphatic heterocycles. The maximum atomic E-state index is 12.9. The molecule has 7 heteroatoms. The Morgan fingerprint density at radius 1 is 1.32 bits per heavy atom. The van der Waals surface area contributed by atoms with Gasteiger partial charge in [0.05, 0.1) is 6.04 Å². The number of nitrogens with one attached hydrogen (secondary N) is 1. The molecular weight excluding hydrogens is 282 g/mol. The Balaban J connectivity index is 2.05. The number of hydrogen-bond donors (Lipinski definition) is 2. The molecule has 0 saturated carbocycles. The van der Waals surface area contributed by atoms with Crippen molar-refractivity contribution in [3.8, 4) is 5.97 Å². The topological polar surface area (TPSA) is 72.0 Å². The van der Waals surface area contributed by atoms with Crippen LogP contribution in [0.1, 0.15) is 18.5 Å². The highest BCUT2D eigenvalue weighted by Gasteiger charge is 2.08. The zero-order valence-corrected chi connectivity index (χ0v) is 12.1. The van der Waals surface area contributed by atoms with Crippen LogP contribution in [0.2, 0.25) is 0 Å². The first kappa shape index (κ1) is 15.5. The van der Waals surface area contributed by atoms with E-state index in [4.69, 9.17) is 5.26 Å². The lowest BCUT2D eigenvalue weighted by atomic mass is 9.95. The van der Waals surface area contributed by atoms with Crippen molar-refractivity contribution in [2.24, 2.45) is 10.2 Å². The van der Waals surface area contributed by atoms with Gasteiger partial charge in [-0.1, -0.05) is 12.1 Å². The van der Waals surface area contributed by atoms with Crippen molar-refractivity contribution in [1.82, 2.24) is 4.81 Å². The maximum absolute atomic E-state index is 12.9. The zero-order valence-electron chi connectivity index (χ0n) is 12.1. The molecule has 5 nitrogen and oxygen atoms in total. The summed E-state index contributed by atoms with van der Waals surface area (Å²) in [5.74, 6) is 1.77. The molecule has 110 valence electrons. The third-order valence-corrected chi connectivity index (χ3v) is 3.09. The molecule has 0 bridgehead atoms. The van der Waals surface area contributed by atoms with Crippen LogP contribution in [0, 0.1) is 11.8 Å². The van der Waals surface area contributed by atoms with Crippen LogP contribution in [-0.4, -0.2) is 17.3 Å². The number of aliphatic hydroxyl groups excluding tert-OH is 1. The summed E-state index contributed by atoms with van der Waals surface area (Å²) in [4.78, 5) is 1.74. The molecular formula is C15H15BFN4O+. The van der Waals surface area contributed by atoms with Crippen LogP contribution in [0.4, 0.5) is 4.39 Å². The van der Waals surface area contributed by atoms with Gasteiger partial charge < -0.3 is 9.92 Å². The fraction of sp³-hybridized carbons (Fsp3) is 0.133.